The summed E-state index contributed by atoms with van der Waals surface area (Å²) in [5.74, 6) is -0.868. The van der Waals surface area contributed by atoms with Crippen LogP contribution in [0.4, 0.5) is 0 Å². The van der Waals surface area contributed by atoms with Crippen LogP contribution in [-0.4, -0.2) is 38.2 Å². The van der Waals surface area contributed by atoms with Crippen LogP contribution in [0.1, 0.15) is 92.4 Å². The van der Waals surface area contributed by atoms with E-state index in [4.69, 9.17) is 14.2 Å². The maximum Gasteiger partial charge on any atom is 0.285 e. The Labute approximate surface area is 173 Å². The van der Waals surface area contributed by atoms with Crippen molar-refractivity contribution in [2.45, 2.75) is 98.4 Å². The number of carbonyl (C=O) groups is 1. The first kappa shape index (κ1) is 27.1. The van der Waals surface area contributed by atoms with E-state index in [9.17, 15) is 4.79 Å². The third-order valence-corrected chi connectivity index (χ3v) is 4.79. The fourth-order valence-electron chi connectivity index (χ4n) is 3.52. The van der Waals surface area contributed by atoms with E-state index in [2.05, 4.69) is 12.2 Å². The van der Waals surface area contributed by atoms with Gasteiger partial charge in [-0.3, -0.25) is 4.79 Å². The molecule has 0 rings (SSSR count). The highest BCUT2D eigenvalue weighted by Crippen LogP contribution is 2.34. The number of allylic oxidation sites excluding steroid dienone is 1. The van der Waals surface area contributed by atoms with Crippen molar-refractivity contribution in [3.8, 4) is 0 Å². The molecule has 0 aliphatic heterocycles. The lowest BCUT2D eigenvalue weighted by Gasteiger charge is -2.39. The molecule has 5 nitrogen and oxygen atoms in total. The van der Waals surface area contributed by atoms with Crippen molar-refractivity contribution in [1.29, 1.82) is 0 Å². The van der Waals surface area contributed by atoms with Crippen LogP contribution in [0, 0.1) is 5.92 Å². The zero-order valence-corrected chi connectivity index (χ0v) is 19.1. The summed E-state index contributed by atoms with van der Waals surface area (Å²) >= 11 is 0. The van der Waals surface area contributed by atoms with Gasteiger partial charge < -0.3 is 19.5 Å². The summed E-state index contributed by atoms with van der Waals surface area (Å²) in [6.07, 6.45) is 13.6. The van der Waals surface area contributed by atoms with Crippen LogP contribution in [0.3, 0.4) is 0 Å². The van der Waals surface area contributed by atoms with Crippen LogP contribution < -0.4 is 5.32 Å². The molecule has 0 bridgehead atoms. The zero-order chi connectivity index (χ0) is 21.1. The predicted octanol–water partition coefficient (Wildman–Crippen LogP) is 5.59. The summed E-state index contributed by atoms with van der Waals surface area (Å²) < 4.78 is 18.1. The van der Waals surface area contributed by atoms with Gasteiger partial charge in [-0.05, 0) is 53.0 Å². The van der Waals surface area contributed by atoms with Gasteiger partial charge in [0.15, 0.2) is 0 Å². The molecule has 0 spiro atoms. The van der Waals surface area contributed by atoms with E-state index in [1.165, 1.54) is 32.1 Å². The summed E-state index contributed by atoms with van der Waals surface area (Å²) in [4.78, 5) is 11.6. The monoisotopic (exact) mass is 399 g/mol. The SMILES string of the molecule is CC=CC(=O)NCCCC(CCCCCCCC)C(OCC)(OCC)OCC. The fourth-order valence-corrected chi connectivity index (χ4v) is 3.52. The van der Waals surface area contributed by atoms with Gasteiger partial charge in [0.05, 0.1) is 0 Å². The topological polar surface area (TPSA) is 56.8 Å². The lowest BCUT2D eigenvalue weighted by Crippen LogP contribution is -2.47. The van der Waals surface area contributed by atoms with E-state index < -0.39 is 5.97 Å². The number of unbranched alkanes of at least 4 members (excludes halogenated alkanes) is 5. The third kappa shape index (κ3) is 11.8. The fraction of sp³-hybridized carbons (Fsp3) is 0.870. The van der Waals surface area contributed by atoms with Gasteiger partial charge in [-0.2, -0.15) is 0 Å². The molecule has 0 aromatic heterocycles. The van der Waals surface area contributed by atoms with E-state index in [0.717, 1.165) is 25.7 Å². The summed E-state index contributed by atoms with van der Waals surface area (Å²) in [6.45, 7) is 12.3. The Morgan fingerprint density at radius 2 is 1.39 bits per heavy atom. The molecule has 0 fully saturated rings. The number of hydrogen-bond acceptors (Lipinski definition) is 4. The average Bonchev–Trinajstić information content (AvgIpc) is 2.66. The average molecular weight is 400 g/mol. The number of ether oxygens (including phenoxy) is 3. The Morgan fingerprint density at radius 1 is 0.857 bits per heavy atom. The lowest BCUT2D eigenvalue weighted by atomic mass is 9.92. The van der Waals surface area contributed by atoms with E-state index in [1.807, 2.05) is 27.7 Å². The first-order chi connectivity index (χ1) is 13.6. The Kier molecular flexibility index (Phi) is 17.6. The number of nitrogens with one attached hydrogen (secondary N) is 1. The first-order valence-electron chi connectivity index (χ1n) is 11.4. The van der Waals surface area contributed by atoms with Crippen molar-refractivity contribution >= 4 is 5.91 Å². The molecule has 0 aromatic rings. The molecule has 1 unspecified atom stereocenters. The molecule has 0 heterocycles. The van der Waals surface area contributed by atoms with Crippen molar-refractivity contribution in [2.24, 2.45) is 5.92 Å². The van der Waals surface area contributed by atoms with Crippen molar-refractivity contribution in [3.05, 3.63) is 12.2 Å². The molecule has 1 N–H and O–H groups in total. The Morgan fingerprint density at radius 3 is 1.93 bits per heavy atom. The van der Waals surface area contributed by atoms with Gasteiger partial charge in [-0.15, -0.1) is 0 Å². The molecule has 1 atom stereocenters. The largest absolute Gasteiger partial charge is 0.353 e. The Hall–Kier alpha value is -0.910. The maximum absolute atomic E-state index is 11.6. The first-order valence-corrected chi connectivity index (χ1v) is 11.4. The standard InChI is InChI=1S/C23H45NO4/c1-6-11-12-13-14-15-18-21(19-16-20-24-22(25)17-7-2)23(26-8-3,27-9-4)28-10-5/h7,17,21H,6,8-16,18-20H2,1-5H3,(H,24,25). The predicted molar refractivity (Wildman–Crippen MR) is 116 cm³/mol. The molecule has 0 aliphatic carbocycles. The van der Waals surface area contributed by atoms with E-state index >= 15 is 0 Å². The second kappa shape index (κ2) is 18.1. The molecule has 0 saturated carbocycles. The van der Waals surface area contributed by atoms with E-state index in [0.29, 0.717) is 26.4 Å². The maximum atomic E-state index is 11.6. The zero-order valence-electron chi connectivity index (χ0n) is 19.1. The van der Waals surface area contributed by atoms with Crippen molar-refractivity contribution < 1.29 is 19.0 Å². The van der Waals surface area contributed by atoms with Crippen LogP contribution in [0.5, 0.6) is 0 Å². The van der Waals surface area contributed by atoms with Crippen LogP contribution in [0.2, 0.25) is 0 Å². The quantitative estimate of drug-likeness (QED) is 0.175. The molecule has 28 heavy (non-hydrogen) atoms. The number of carbonyl (C=O) groups excluding carboxylic acids is 1. The van der Waals surface area contributed by atoms with Gasteiger partial charge >= 0.3 is 0 Å². The Bertz CT molecular complexity index is 381. The van der Waals surface area contributed by atoms with Crippen LogP contribution in [0.15, 0.2) is 12.2 Å². The van der Waals surface area contributed by atoms with Crippen LogP contribution in [-0.2, 0) is 19.0 Å². The molecule has 0 aromatic carbocycles. The van der Waals surface area contributed by atoms with Crippen molar-refractivity contribution in [3.63, 3.8) is 0 Å². The minimum atomic E-state index is -0.977. The van der Waals surface area contributed by atoms with Gasteiger partial charge in [0.1, 0.15) is 0 Å². The van der Waals surface area contributed by atoms with E-state index in [1.54, 1.807) is 12.2 Å². The molecule has 0 saturated heterocycles. The summed E-state index contributed by atoms with van der Waals surface area (Å²) in [7, 11) is 0. The second-order valence-corrected chi connectivity index (χ2v) is 7.09. The number of hydrogen-bond donors (Lipinski definition) is 1. The van der Waals surface area contributed by atoms with Gasteiger partial charge in [0.25, 0.3) is 5.97 Å². The summed E-state index contributed by atoms with van der Waals surface area (Å²) in [5, 5.41) is 2.93. The molecule has 1 amide bonds. The van der Waals surface area contributed by atoms with Gasteiger partial charge in [0, 0.05) is 32.3 Å². The minimum absolute atomic E-state index is 0.0411. The third-order valence-electron chi connectivity index (χ3n) is 4.79. The normalized spacial score (nSPS) is 13.2. The molecule has 0 radical (unpaired) electrons. The molecule has 5 heteroatoms. The number of amides is 1. The molecular weight excluding hydrogens is 354 g/mol. The van der Waals surface area contributed by atoms with Crippen LogP contribution in [0.25, 0.3) is 0 Å². The molecule has 166 valence electrons. The second-order valence-electron chi connectivity index (χ2n) is 7.09. The van der Waals surface area contributed by atoms with Gasteiger partial charge in [-0.1, -0.05) is 51.5 Å². The Balaban J connectivity index is 4.87. The number of rotatable bonds is 19. The summed E-state index contributed by atoms with van der Waals surface area (Å²) in [6, 6.07) is 0. The van der Waals surface area contributed by atoms with Crippen LogP contribution >= 0.6 is 0 Å². The highest BCUT2D eigenvalue weighted by molar-refractivity contribution is 5.87. The summed E-state index contributed by atoms with van der Waals surface area (Å²) in [5.41, 5.74) is 0. The highest BCUT2D eigenvalue weighted by atomic mass is 16.9. The lowest BCUT2D eigenvalue weighted by molar-refractivity contribution is -0.403. The molecule has 0 aliphatic rings. The van der Waals surface area contributed by atoms with Crippen molar-refractivity contribution in [2.75, 3.05) is 26.4 Å². The van der Waals surface area contributed by atoms with Gasteiger partial charge in [-0.25, -0.2) is 0 Å². The highest BCUT2D eigenvalue weighted by Gasteiger charge is 2.41. The molecular formula is C23H45NO4. The minimum Gasteiger partial charge on any atom is -0.353 e. The van der Waals surface area contributed by atoms with Gasteiger partial charge in [0.2, 0.25) is 5.91 Å². The smallest absolute Gasteiger partial charge is 0.285 e. The van der Waals surface area contributed by atoms with Crippen molar-refractivity contribution in [1.82, 2.24) is 5.32 Å². The van der Waals surface area contributed by atoms with E-state index in [-0.39, 0.29) is 11.8 Å².